The van der Waals surface area contributed by atoms with Crippen molar-refractivity contribution in [3.8, 4) is 5.88 Å². The van der Waals surface area contributed by atoms with E-state index in [-0.39, 0.29) is 5.41 Å². The van der Waals surface area contributed by atoms with Crippen molar-refractivity contribution in [1.82, 2.24) is 9.97 Å². The van der Waals surface area contributed by atoms with Crippen LogP contribution in [0.1, 0.15) is 52.4 Å². The van der Waals surface area contributed by atoms with Gasteiger partial charge >= 0.3 is 0 Å². The highest BCUT2D eigenvalue weighted by atomic mass is 16.5. The Hall–Kier alpha value is -1.36. The molecule has 0 saturated heterocycles. The van der Waals surface area contributed by atoms with Crippen molar-refractivity contribution in [3.63, 3.8) is 0 Å². The van der Waals surface area contributed by atoms with E-state index < -0.39 is 0 Å². The van der Waals surface area contributed by atoms with Crippen LogP contribution in [0.4, 0.5) is 5.82 Å². The topological polar surface area (TPSA) is 56.3 Å². The van der Waals surface area contributed by atoms with Gasteiger partial charge in [0.15, 0.2) is 0 Å². The largest absolute Gasteiger partial charge is 0.475 e. The molecule has 0 aromatic carbocycles. The summed E-state index contributed by atoms with van der Waals surface area (Å²) in [6.07, 6.45) is 1.02. The Kier molecular flexibility index (Phi) is 6.89. The fourth-order valence-electron chi connectivity index (χ4n) is 1.76. The highest BCUT2D eigenvalue weighted by molar-refractivity contribution is 5.49. The number of nitrogens with one attached hydrogen (secondary N) is 1. The van der Waals surface area contributed by atoms with E-state index in [0.717, 1.165) is 36.8 Å². The standard InChI is InChI=1S/C16H29N3O2/c1-7-9-20-10-11-21-14-12(3)13(17-8-2)18-15(19-14)16(4,5)6/h7-11H2,1-6H3,(H,17,18,19). The van der Waals surface area contributed by atoms with Gasteiger partial charge in [0, 0.05) is 18.6 Å². The van der Waals surface area contributed by atoms with Gasteiger partial charge in [-0.25, -0.2) is 4.98 Å². The maximum atomic E-state index is 5.79. The molecule has 0 aliphatic rings. The molecule has 0 radical (unpaired) electrons. The maximum absolute atomic E-state index is 5.79. The van der Waals surface area contributed by atoms with Gasteiger partial charge in [0.2, 0.25) is 5.88 Å². The first-order valence-corrected chi connectivity index (χ1v) is 7.73. The molecule has 1 rings (SSSR count). The van der Waals surface area contributed by atoms with E-state index in [1.54, 1.807) is 0 Å². The quantitative estimate of drug-likeness (QED) is 0.746. The summed E-state index contributed by atoms with van der Waals surface area (Å²) in [5.41, 5.74) is 0.828. The minimum Gasteiger partial charge on any atom is -0.475 e. The van der Waals surface area contributed by atoms with Gasteiger partial charge in [-0.05, 0) is 20.3 Å². The summed E-state index contributed by atoms with van der Waals surface area (Å²) in [6, 6.07) is 0. The number of anilines is 1. The van der Waals surface area contributed by atoms with Gasteiger partial charge in [-0.1, -0.05) is 27.7 Å². The second-order valence-corrected chi connectivity index (χ2v) is 6.07. The van der Waals surface area contributed by atoms with Crippen LogP contribution in [0.3, 0.4) is 0 Å². The summed E-state index contributed by atoms with van der Waals surface area (Å²) in [5, 5.41) is 3.28. The van der Waals surface area contributed by atoms with E-state index in [4.69, 9.17) is 9.47 Å². The highest BCUT2D eigenvalue weighted by Gasteiger charge is 2.21. The Morgan fingerprint density at radius 3 is 2.33 bits per heavy atom. The molecule has 0 aliphatic heterocycles. The first-order valence-electron chi connectivity index (χ1n) is 7.73. The van der Waals surface area contributed by atoms with Gasteiger partial charge in [-0.2, -0.15) is 4.98 Å². The van der Waals surface area contributed by atoms with Crippen LogP contribution in [0.5, 0.6) is 5.88 Å². The van der Waals surface area contributed by atoms with Crippen LogP contribution in [-0.4, -0.2) is 36.3 Å². The van der Waals surface area contributed by atoms with Crippen LogP contribution in [0, 0.1) is 6.92 Å². The van der Waals surface area contributed by atoms with Crippen molar-refractivity contribution in [1.29, 1.82) is 0 Å². The van der Waals surface area contributed by atoms with Crippen molar-refractivity contribution in [3.05, 3.63) is 11.4 Å². The van der Waals surface area contributed by atoms with Crippen LogP contribution in [0.15, 0.2) is 0 Å². The van der Waals surface area contributed by atoms with E-state index >= 15 is 0 Å². The molecule has 0 atom stereocenters. The van der Waals surface area contributed by atoms with Gasteiger partial charge in [-0.15, -0.1) is 0 Å². The van der Waals surface area contributed by atoms with Crippen LogP contribution in [-0.2, 0) is 10.2 Å². The van der Waals surface area contributed by atoms with E-state index in [0.29, 0.717) is 19.1 Å². The molecule has 1 aromatic heterocycles. The minimum atomic E-state index is -0.116. The third kappa shape index (κ3) is 5.50. The first-order chi connectivity index (χ1) is 9.90. The molecule has 1 heterocycles. The summed E-state index contributed by atoms with van der Waals surface area (Å²) in [7, 11) is 0. The van der Waals surface area contributed by atoms with Crippen molar-refractivity contribution in [2.24, 2.45) is 0 Å². The lowest BCUT2D eigenvalue weighted by Crippen LogP contribution is -2.20. The monoisotopic (exact) mass is 295 g/mol. The molecule has 0 fully saturated rings. The molecular weight excluding hydrogens is 266 g/mol. The number of nitrogens with zero attached hydrogens (tertiary/aromatic N) is 2. The normalized spacial score (nSPS) is 11.5. The molecule has 0 saturated carbocycles. The summed E-state index contributed by atoms with van der Waals surface area (Å²) in [5.74, 6) is 2.28. The average Bonchev–Trinajstić information content (AvgIpc) is 2.41. The average molecular weight is 295 g/mol. The van der Waals surface area contributed by atoms with E-state index in [1.807, 2.05) is 6.92 Å². The van der Waals surface area contributed by atoms with Gasteiger partial charge in [0.25, 0.3) is 0 Å². The Labute approximate surface area is 128 Å². The second-order valence-electron chi connectivity index (χ2n) is 6.07. The Morgan fingerprint density at radius 1 is 1.05 bits per heavy atom. The molecule has 0 spiro atoms. The van der Waals surface area contributed by atoms with E-state index in [1.165, 1.54) is 0 Å². The predicted octanol–water partition coefficient (Wildman–Crippen LogP) is 3.32. The molecule has 1 aromatic rings. The SMILES string of the molecule is CCCOCCOc1nc(C(C)(C)C)nc(NCC)c1C. The lowest BCUT2D eigenvalue weighted by molar-refractivity contribution is 0.0985. The van der Waals surface area contributed by atoms with Crippen LogP contribution in [0.25, 0.3) is 0 Å². The minimum absolute atomic E-state index is 0.116. The van der Waals surface area contributed by atoms with Crippen LogP contribution >= 0.6 is 0 Å². The number of hydrogen-bond donors (Lipinski definition) is 1. The molecule has 0 amide bonds. The zero-order chi connectivity index (χ0) is 15.9. The van der Waals surface area contributed by atoms with Gasteiger partial charge in [-0.3, -0.25) is 0 Å². The van der Waals surface area contributed by atoms with E-state index in [9.17, 15) is 0 Å². The molecule has 0 unspecified atom stereocenters. The molecule has 1 N–H and O–H groups in total. The predicted molar refractivity (Wildman–Crippen MR) is 86.2 cm³/mol. The third-order valence-corrected chi connectivity index (χ3v) is 2.93. The molecule has 21 heavy (non-hydrogen) atoms. The lowest BCUT2D eigenvalue weighted by atomic mass is 9.95. The maximum Gasteiger partial charge on any atom is 0.221 e. The van der Waals surface area contributed by atoms with Crippen molar-refractivity contribution in [2.45, 2.75) is 53.4 Å². The Morgan fingerprint density at radius 2 is 1.76 bits per heavy atom. The second kappa shape index (κ2) is 8.17. The lowest BCUT2D eigenvalue weighted by Gasteiger charge is -2.20. The molecule has 0 aliphatic carbocycles. The summed E-state index contributed by atoms with van der Waals surface area (Å²) in [6.45, 7) is 15.1. The Bertz CT molecular complexity index is 442. The molecule has 120 valence electrons. The van der Waals surface area contributed by atoms with Crippen molar-refractivity contribution < 1.29 is 9.47 Å². The van der Waals surface area contributed by atoms with Crippen molar-refractivity contribution in [2.75, 3.05) is 31.7 Å². The molecule has 5 heteroatoms. The van der Waals surface area contributed by atoms with Gasteiger partial charge < -0.3 is 14.8 Å². The number of rotatable bonds is 8. The summed E-state index contributed by atoms with van der Waals surface area (Å²) < 4.78 is 11.2. The smallest absolute Gasteiger partial charge is 0.221 e. The van der Waals surface area contributed by atoms with Crippen LogP contribution in [0.2, 0.25) is 0 Å². The fourth-order valence-corrected chi connectivity index (χ4v) is 1.76. The molecular formula is C16H29N3O2. The number of aromatic nitrogens is 2. The fraction of sp³-hybridized carbons (Fsp3) is 0.750. The molecule has 0 bridgehead atoms. The zero-order valence-electron chi connectivity index (χ0n) is 14.2. The van der Waals surface area contributed by atoms with Crippen molar-refractivity contribution >= 4 is 5.82 Å². The van der Waals surface area contributed by atoms with E-state index in [2.05, 4.69) is 49.9 Å². The third-order valence-electron chi connectivity index (χ3n) is 2.93. The van der Waals surface area contributed by atoms with Gasteiger partial charge in [0.1, 0.15) is 18.2 Å². The summed E-state index contributed by atoms with van der Waals surface area (Å²) >= 11 is 0. The van der Waals surface area contributed by atoms with Crippen LogP contribution < -0.4 is 10.1 Å². The number of ether oxygens (including phenoxy) is 2. The first kappa shape index (κ1) is 17.7. The summed E-state index contributed by atoms with van der Waals surface area (Å²) in [4.78, 5) is 9.19. The molecule has 5 nitrogen and oxygen atoms in total. The Balaban J connectivity index is 2.87. The zero-order valence-corrected chi connectivity index (χ0v) is 14.2. The number of hydrogen-bond acceptors (Lipinski definition) is 5. The van der Waals surface area contributed by atoms with Gasteiger partial charge in [0.05, 0.1) is 12.2 Å². The highest BCUT2D eigenvalue weighted by Crippen LogP contribution is 2.27.